The van der Waals surface area contributed by atoms with Crippen LogP contribution in [-0.2, 0) is 9.47 Å². The summed E-state index contributed by atoms with van der Waals surface area (Å²) in [7, 11) is 0. The number of carbonyl (C=O) groups is 1. The Morgan fingerprint density at radius 3 is 2.30 bits per heavy atom. The molecule has 3 fully saturated rings. The van der Waals surface area contributed by atoms with Crippen LogP contribution < -0.4 is 20.4 Å². The Morgan fingerprint density at radius 1 is 0.967 bits per heavy atom. The summed E-state index contributed by atoms with van der Waals surface area (Å²) in [6, 6.07) is 9.01. The summed E-state index contributed by atoms with van der Waals surface area (Å²) in [4.78, 5) is 32.2. The molecule has 2 unspecified atom stereocenters. The second-order valence-electron chi connectivity index (χ2n) is 7.67. The third kappa shape index (κ3) is 3.52. The van der Waals surface area contributed by atoms with Gasteiger partial charge in [0.05, 0.1) is 44.2 Å². The Kier molecular flexibility index (Phi) is 5.09. The van der Waals surface area contributed by atoms with Gasteiger partial charge in [0.25, 0.3) is 0 Å². The van der Waals surface area contributed by atoms with Gasteiger partial charge in [0, 0.05) is 13.1 Å². The molecule has 3 aliphatic rings. The van der Waals surface area contributed by atoms with E-state index >= 15 is 0 Å². The number of nitrogens with two attached hydrogens (primary N) is 1. The van der Waals surface area contributed by atoms with E-state index in [1.54, 1.807) is 12.1 Å². The van der Waals surface area contributed by atoms with Crippen LogP contribution in [0.4, 0.5) is 28.3 Å². The molecule has 30 heavy (non-hydrogen) atoms. The first-order valence-electron chi connectivity index (χ1n) is 10.3. The first-order valence-corrected chi connectivity index (χ1v) is 10.3. The Labute approximate surface area is 174 Å². The molecule has 0 spiro atoms. The van der Waals surface area contributed by atoms with Gasteiger partial charge < -0.3 is 25.0 Å². The van der Waals surface area contributed by atoms with E-state index in [0.717, 1.165) is 12.8 Å². The van der Waals surface area contributed by atoms with Gasteiger partial charge in [0.1, 0.15) is 0 Å². The number of anilines is 4. The summed E-state index contributed by atoms with van der Waals surface area (Å²) in [5.74, 6) is 1.33. The van der Waals surface area contributed by atoms with E-state index in [4.69, 9.17) is 25.2 Å². The molecule has 10 heteroatoms. The van der Waals surface area contributed by atoms with Crippen molar-refractivity contribution >= 4 is 29.6 Å². The summed E-state index contributed by atoms with van der Waals surface area (Å²) in [5, 5.41) is 0. The van der Waals surface area contributed by atoms with Crippen LogP contribution in [0.15, 0.2) is 30.3 Å². The maximum Gasteiger partial charge on any atom is 0.326 e. The molecule has 2 N–H and O–H groups in total. The van der Waals surface area contributed by atoms with Crippen molar-refractivity contribution in [2.24, 2.45) is 5.73 Å². The normalized spacial score (nSPS) is 23.5. The lowest BCUT2D eigenvalue weighted by molar-refractivity contribution is 0.0897. The fourth-order valence-electron chi connectivity index (χ4n) is 4.34. The molecule has 2 amide bonds. The molecule has 2 atom stereocenters. The lowest BCUT2D eigenvalue weighted by atomic mass is 10.2. The van der Waals surface area contributed by atoms with Gasteiger partial charge in [0.2, 0.25) is 17.8 Å². The van der Waals surface area contributed by atoms with Crippen LogP contribution in [-0.4, -0.2) is 72.6 Å². The zero-order chi connectivity index (χ0) is 20.5. The predicted octanol–water partition coefficient (Wildman–Crippen LogP) is 1.29. The van der Waals surface area contributed by atoms with E-state index in [1.807, 2.05) is 18.2 Å². The molecule has 0 radical (unpaired) electrons. The number of nitrogens with zero attached hydrogens (tertiary/aromatic N) is 6. The Balaban J connectivity index is 1.60. The zero-order valence-electron chi connectivity index (χ0n) is 16.7. The molecule has 3 aliphatic heterocycles. The minimum absolute atomic E-state index is 0.228. The lowest BCUT2D eigenvalue weighted by Gasteiger charge is -2.36. The van der Waals surface area contributed by atoms with Gasteiger partial charge in [-0.05, 0) is 25.0 Å². The Hall–Kier alpha value is -2.98. The van der Waals surface area contributed by atoms with Gasteiger partial charge in [-0.1, -0.05) is 18.2 Å². The molecule has 1 aromatic carbocycles. The minimum Gasteiger partial charge on any atom is -0.378 e. The largest absolute Gasteiger partial charge is 0.378 e. The third-order valence-electron chi connectivity index (χ3n) is 5.80. The van der Waals surface area contributed by atoms with E-state index in [-0.39, 0.29) is 18.0 Å². The summed E-state index contributed by atoms with van der Waals surface area (Å²) in [6.45, 7) is 3.89. The smallest absolute Gasteiger partial charge is 0.326 e. The Bertz CT molecular complexity index is 891. The highest BCUT2D eigenvalue weighted by molar-refractivity contribution is 5.96. The number of primary amides is 1. The number of hydrogen-bond acceptors (Lipinski definition) is 8. The number of benzene rings is 1. The average molecular weight is 411 g/mol. The van der Waals surface area contributed by atoms with E-state index < -0.39 is 6.03 Å². The number of fused-ring (bicyclic) bond motifs is 2. The highest BCUT2D eigenvalue weighted by Crippen LogP contribution is 2.34. The van der Waals surface area contributed by atoms with E-state index in [1.165, 1.54) is 4.90 Å². The summed E-state index contributed by atoms with van der Waals surface area (Å²) in [6.07, 6.45) is 2.08. The van der Waals surface area contributed by atoms with Gasteiger partial charge in [0.15, 0.2) is 0 Å². The van der Waals surface area contributed by atoms with Crippen LogP contribution in [0.1, 0.15) is 12.8 Å². The topological polar surface area (TPSA) is 110 Å². The summed E-state index contributed by atoms with van der Waals surface area (Å²) >= 11 is 0. The molecule has 5 rings (SSSR count). The van der Waals surface area contributed by atoms with E-state index in [0.29, 0.717) is 57.1 Å². The van der Waals surface area contributed by atoms with E-state index in [9.17, 15) is 4.79 Å². The number of aromatic nitrogens is 3. The lowest BCUT2D eigenvalue weighted by Crippen LogP contribution is -2.47. The van der Waals surface area contributed by atoms with Crippen molar-refractivity contribution in [3.63, 3.8) is 0 Å². The highest BCUT2D eigenvalue weighted by Gasteiger charge is 2.40. The minimum atomic E-state index is -0.642. The first kappa shape index (κ1) is 19.0. The molecule has 0 aliphatic carbocycles. The number of amides is 2. The van der Waals surface area contributed by atoms with Crippen molar-refractivity contribution in [1.82, 2.24) is 15.0 Å². The second-order valence-corrected chi connectivity index (χ2v) is 7.67. The van der Waals surface area contributed by atoms with Crippen LogP contribution in [0.5, 0.6) is 0 Å². The molecule has 2 bridgehead atoms. The number of carbonyl (C=O) groups excluding carboxylic acids is 1. The summed E-state index contributed by atoms with van der Waals surface area (Å²) in [5.41, 5.74) is 6.36. The van der Waals surface area contributed by atoms with Gasteiger partial charge in [-0.2, -0.15) is 15.0 Å². The predicted molar refractivity (Wildman–Crippen MR) is 111 cm³/mol. The number of ether oxygens (including phenoxy) is 2. The average Bonchev–Trinajstić information content (AvgIpc) is 3.03. The van der Waals surface area contributed by atoms with Gasteiger partial charge in [-0.15, -0.1) is 0 Å². The summed E-state index contributed by atoms with van der Waals surface area (Å²) < 4.78 is 11.2. The van der Waals surface area contributed by atoms with Crippen molar-refractivity contribution in [2.75, 3.05) is 54.2 Å². The quantitative estimate of drug-likeness (QED) is 0.802. The fraction of sp³-hybridized carbons (Fsp3) is 0.500. The van der Waals surface area contributed by atoms with Crippen LogP contribution in [0.25, 0.3) is 0 Å². The van der Waals surface area contributed by atoms with Crippen LogP contribution in [0.3, 0.4) is 0 Å². The van der Waals surface area contributed by atoms with Gasteiger partial charge in [-0.25, -0.2) is 9.69 Å². The maximum atomic E-state index is 12.4. The number of para-hydroxylation sites is 1. The first-order chi connectivity index (χ1) is 14.7. The molecular weight excluding hydrogens is 386 g/mol. The van der Waals surface area contributed by atoms with E-state index in [2.05, 4.69) is 14.8 Å². The molecule has 4 heterocycles. The van der Waals surface area contributed by atoms with Crippen molar-refractivity contribution in [1.29, 1.82) is 0 Å². The van der Waals surface area contributed by atoms with Gasteiger partial charge in [-0.3, -0.25) is 0 Å². The molecule has 2 aromatic rings. The van der Waals surface area contributed by atoms with Gasteiger partial charge >= 0.3 is 6.03 Å². The number of morpholine rings is 2. The van der Waals surface area contributed by atoms with Crippen LogP contribution in [0, 0.1) is 0 Å². The molecule has 1 aromatic heterocycles. The maximum absolute atomic E-state index is 12.4. The molecular formula is C20H25N7O3. The number of urea groups is 1. The molecule has 3 saturated heterocycles. The zero-order valence-corrected chi connectivity index (χ0v) is 16.7. The fourth-order valence-corrected chi connectivity index (χ4v) is 4.34. The monoisotopic (exact) mass is 411 g/mol. The highest BCUT2D eigenvalue weighted by atomic mass is 16.5. The van der Waals surface area contributed by atoms with Crippen molar-refractivity contribution in [3.05, 3.63) is 30.3 Å². The standard InChI is InChI=1S/C20H25N7O3/c21-17(28)27(14-4-2-1-3-5-14)20-23-18(25-8-10-29-11-9-25)22-19(24-20)26-15-6-7-16(26)13-30-12-15/h1-5,15-16H,6-13H2,(H2,21,28). The Morgan fingerprint density at radius 2 is 1.63 bits per heavy atom. The van der Waals surface area contributed by atoms with Crippen LogP contribution >= 0.6 is 0 Å². The molecule has 0 saturated carbocycles. The number of hydrogen-bond donors (Lipinski definition) is 1. The van der Waals surface area contributed by atoms with Crippen molar-refractivity contribution in [3.8, 4) is 0 Å². The molecule has 10 nitrogen and oxygen atoms in total. The van der Waals surface area contributed by atoms with Crippen molar-refractivity contribution in [2.45, 2.75) is 24.9 Å². The molecule has 158 valence electrons. The van der Waals surface area contributed by atoms with Crippen LogP contribution in [0.2, 0.25) is 0 Å². The van der Waals surface area contributed by atoms with Crippen molar-refractivity contribution < 1.29 is 14.3 Å². The third-order valence-corrected chi connectivity index (χ3v) is 5.80. The second kappa shape index (κ2) is 8.04. The SMILES string of the molecule is NC(=O)N(c1ccccc1)c1nc(N2CCOCC2)nc(N2C3CCC2COC3)n1. The number of rotatable bonds is 4.